The van der Waals surface area contributed by atoms with E-state index in [0.29, 0.717) is 17.3 Å². The predicted octanol–water partition coefficient (Wildman–Crippen LogP) is 4.50. The molecule has 0 spiro atoms. The van der Waals surface area contributed by atoms with Gasteiger partial charge in [0.2, 0.25) is 5.91 Å². The molecule has 0 saturated heterocycles. The Labute approximate surface area is 158 Å². The van der Waals surface area contributed by atoms with Gasteiger partial charge in [-0.2, -0.15) is 0 Å². The van der Waals surface area contributed by atoms with Crippen molar-refractivity contribution in [1.29, 1.82) is 0 Å². The standard InChI is InChI=1S/C19H22ClNO3S/c1-13(25-17-9-6-15(20)7-10-17)19(22)21(2)12-14-5-8-16(23-3)11-18(14)24-4/h5-11,13H,12H2,1-4H3. The Morgan fingerprint density at radius 2 is 1.84 bits per heavy atom. The van der Waals surface area contributed by atoms with E-state index in [9.17, 15) is 4.79 Å². The van der Waals surface area contributed by atoms with E-state index in [4.69, 9.17) is 21.1 Å². The lowest BCUT2D eigenvalue weighted by Crippen LogP contribution is -2.32. The highest BCUT2D eigenvalue weighted by Gasteiger charge is 2.20. The van der Waals surface area contributed by atoms with Gasteiger partial charge in [-0.3, -0.25) is 4.79 Å². The first-order valence-corrected chi connectivity index (χ1v) is 9.08. The Kier molecular flexibility index (Phi) is 7.02. The Morgan fingerprint density at radius 1 is 1.16 bits per heavy atom. The van der Waals surface area contributed by atoms with Crippen molar-refractivity contribution in [3.05, 3.63) is 53.1 Å². The Morgan fingerprint density at radius 3 is 2.44 bits per heavy atom. The average Bonchev–Trinajstić information content (AvgIpc) is 2.63. The second kappa shape index (κ2) is 9.02. The molecule has 0 aliphatic heterocycles. The molecule has 25 heavy (non-hydrogen) atoms. The van der Waals surface area contributed by atoms with Crippen LogP contribution >= 0.6 is 23.4 Å². The maximum atomic E-state index is 12.7. The molecule has 4 nitrogen and oxygen atoms in total. The molecular formula is C19H22ClNO3S. The Bertz CT molecular complexity index is 721. The van der Waals surface area contributed by atoms with Crippen LogP contribution in [-0.4, -0.2) is 37.3 Å². The quantitative estimate of drug-likeness (QED) is 0.664. The number of methoxy groups -OCH3 is 2. The van der Waals surface area contributed by atoms with Crippen molar-refractivity contribution in [3.63, 3.8) is 0 Å². The van der Waals surface area contributed by atoms with Crippen molar-refractivity contribution in [2.75, 3.05) is 21.3 Å². The molecule has 0 radical (unpaired) electrons. The number of nitrogens with zero attached hydrogens (tertiary/aromatic N) is 1. The molecule has 0 fully saturated rings. The van der Waals surface area contributed by atoms with Crippen LogP contribution in [0.2, 0.25) is 5.02 Å². The molecule has 0 bridgehead atoms. The first-order valence-electron chi connectivity index (χ1n) is 7.82. The third kappa shape index (κ3) is 5.31. The van der Waals surface area contributed by atoms with Gasteiger partial charge in [0, 0.05) is 35.1 Å². The minimum atomic E-state index is -0.199. The van der Waals surface area contributed by atoms with E-state index >= 15 is 0 Å². The first kappa shape index (κ1) is 19.5. The van der Waals surface area contributed by atoms with Crippen LogP contribution in [0, 0.1) is 0 Å². The number of ether oxygens (including phenoxy) is 2. The summed E-state index contributed by atoms with van der Waals surface area (Å²) in [6.07, 6.45) is 0. The zero-order valence-electron chi connectivity index (χ0n) is 14.8. The predicted molar refractivity (Wildman–Crippen MR) is 103 cm³/mol. The van der Waals surface area contributed by atoms with E-state index in [1.807, 2.05) is 49.4 Å². The lowest BCUT2D eigenvalue weighted by molar-refractivity contribution is -0.129. The molecular weight excluding hydrogens is 358 g/mol. The SMILES string of the molecule is COc1ccc(CN(C)C(=O)C(C)Sc2ccc(Cl)cc2)c(OC)c1. The molecule has 0 aliphatic rings. The van der Waals surface area contributed by atoms with Gasteiger partial charge >= 0.3 is 0 Å². The number of thioether (sulfide) groups is 1. The van der Waals surface area contributed by atoms with Crippen molar-refractivity contribution < 1.29 is 14.3 Å². The summed E-state index contributed by atoms with van der Waals surface area (Å²) in [5.41, 5.74) is 0.933. The normalized spacial score (nSPS) is 11.7. The van der Waals surface area contributed by atoms with Crippen LogP contribution < -0.4 is 9.47 Å². The topological polar surface area (TPSA) is 38.8 Å². The van der Waals surface area contributed by atoms with E-state index in [0.717, 1.165) is 16.2 Å². The van der Waals surface area contributed by atoms with E-state index in [1.165, 1.54) is 11.8 Å². The van der Waals surface area contributed by atoms with Gasteiger partial charge in [-0.1, -0.05) is 11.6 Å². The molecule has 6 heteroatoms. The average molecular weight is 380 g/mol. The molecule has 0 aliphatic carbocycles. The highest BCUT2D eigenvalue weighted by molar-refractivity contribution is 8.00. The molecule has 0 N–H and O–H groups in total. The fourth-order valence-corrected chi connectivity index (χ4v) is 3.50. The van der Waals surface area contributed by atoms with E-state index in [2.05, 4.69) is 0 Å². The van der Waals surface area contributed by atoms with E-state index in [1.54, 1.807) is 26.2 Å². The highest BCUT2D eigenvalue weighted by Crippen LogP contribution is 2.28. The summed E-state index contributed by atoms with van der Waals surface area (Å²) in [6.45, 7) is 2.38. The van der Waals surface area contributed by atoms with Crippen LogP contribution in [0.4, 0.5) is 0 Å². The van der Waals surface area contributed by atoms with Gasteiger partial charge in [0.1, 0.15) is 11.5 Å². The largest absolute Gasteiger partial charge is 0.497 e. The number of benzene rings is 2. The van der Waals surface area contributed by atoms with Gasteiger partial charge in [-0.15, -0.1) is 11.8 Å². The van der Waals surface area contributed by atoms with Crippen molar-refractivity contribution in [2.45, 2.75) is 23.6 Å². The van der Waals surface area contributed by atoms with E-state index in [-0.39, 0.29) is 11.2 Å². The van der Waals surface area contributed by atoms with Crippen molar-refractivity contribution in [1.82, 2.24) is 4.90 Å². The van der Waals surface area contributed by atoms with Gasteiger partial charge in [-0.05, 0) is 43.3 Å². The van der Waals surface area contributed by atoms with Gasteiger partial charge < -0.3 is 14.4 Å². The molecule has 0 heterocycles. The van der Waals surface area contributed by atoms with Gasteiger partial charge in [0.05, 0.1) is 19.5 Å². The second-order valence-electron chi connectivity index (χ2n) is 5.59. The summed E-state index contributed by atoms with van der Waals surface area (Å²) >= 11 is 7.41. The zero-order valence-corrected chi connectivity index (χ0v) is 16.4. The highest BCUT2D eigenvalue weighted by atomic mass is 35.5. The number of halogens is 1. The first-order chi connectivity index (χ1) is 11.9. The molecule has 134 valence electrons. The van der Waals surface area contributed by atoms with Crippen LogP contribution in [0.25, 0.3) is 0 Å². The van der Waals surface area contributed by atoms with Crippen LogP contribution in [0.15, 0.2) is 47.4 Å². The number of rotatable bonds is 7. The van der Waals surface area contributed by atoms with Crippen LogP contribution in [-0.2, 0) is 11.3 Å². The van der Waals surface area contributed by atoms with Crippen molar-refractivity contribution in [3.8, 4) is 11.5 Å². The van der Waals surface area contributed by atoms with Crippen molar-refractivity contribution >= 4 is 29.3 Å². The van der Waals surface area contributed by atoms with Gasteiger partial charge in [-0.25, -0.2) is 0 Å². The molecule has 2 aromatic rings. The van der Waals surface area contributed by atoms with Crippen LogP contribution in [0.5, 0.6) is 11.5 Å². The molecule has 2 aromatic carbocycles. The summed E-state index contributed by atoms with van der Waals surface area (Å²) in [4.78, 5) is 15.4. The molecule has 0 aromatic heterocycles. The number of hydrogen-bond acceptors (Lipinski definition) is 4. The molecule has 1 amide bonds. The lowest BCUT2D eigenvalue weighted by atomic mass is 10.1. The molecule has 1 unspecified atom stereocenters. The smallest absolute Gasteiger partial charge is 0.235 e. The summed E-state index contributed by atoms with van der Waals surface area (Å²) in [5.74, 6) is 1.48. The molecule has 2 rings (SSSR count). The summed E-state index contributed by atoms with van der Waals surface area (Å²) in [7, 11) is 5.02. The van der Waals surface area contributed by atoms with Crippen LogP contribution in [0.1, 0.15) is 12.5 Å². The minimum absolute atomic E-state index is 0.0535. The summed E-state index contributed by atoms with van der Waals surface area (Å²) < 4.78 is 10.6. The Hall–Kier alpha value is -1.85. The molecule has 1 atom stereocenters. The van der Waals surface area contributed by atoms with E-state index < -0.39 is 0 Å². The third-order valence-corrected chi connectivity index (χ3v) is 5.10. The maximum absolute atomic E-state index is 12.7. The third-order valence-electron chi connectivity index (χ3n) is 3.75. The van der Waals surface area contributed by atoms with Crippen molar-refractivity contribution in [2.24, 2.45) is 0 Å². The summed E-state index contributed by atoms with van der Waals surface area (Å²) in [6, 6.07) is 13.1. The zero-order chi connectivity index (χ0) is 18.4. The van der Waals surface area contributed by atoms with Gasteiger partial charge in [0.15, 0.2) is 0 Å². The monoisotopic (exact) mass is 379 g/mol. The summed E-state index contributed by atoms with van der Waals surface area (Å²) in [5, 5.41) is 0.488. The number of carbonyl (C=O) groups excluding carboxylic acids is 1. The van der Waals surface area contributed by atoms with Crippen LogP contribution in [0.3, 0.4) is 0 Å². The number of amides is 1. The van der Waals surface area contributed by atoms with Gasteiger partial charge in [0.25, 0.3) is 0 Å². The number of hydrogen-bond donors (Lipinski definition) is 0. The maximum Gasteiger partial charge on any atom is 0.235 e. The second-order valence-corrected chi connectivity index (χ2v) is 7.44. The fraction of sp³-hybridized carbons (Fsp3) is 0.316. The Balaban J connectivity index is 2.03. The fourth-order valence-electron chi connectivity index (χ4n) is 2.39. The lowest BCUT2D eigenvalue weighted by Gasteiger charge is -2.22. The molecule has 0 saturated carbocycles. The number of carbonyl (C=O) groups is 1. The minimum Gasteiger partial charge on any atom is -0.497 e.